The number of thioether (sulfide) groups is 1. The van der Waals surface area contributed by atoms with E-state index in [4.69, 9.17) is 0 Å². The highest BCUT2D eigenvalue weighted by Gasteiger charge is 2.22. The Morgan fingerprint density at radius 3 is 2.86 bits per heavy atom. The van der Waals surface area contributed by atoms with Crippen molar-refractivity contribution in [1.29, 1.82) is 0 Å². The highest BCUT2D eigenvalue weighted by molar-refractivity contribution is 8.00. The van der Waals surface area contributed by atoms with E-state index < -0.39 is 0 Å². The van der Waals surface area contributed by atoms with Gasteiger partial charge in [0.05, 0.1) is 11.5 Å². The minimum atomic E-state index is -0.273. The second-order valence-corrected chi connectivity index (χ2v) is 4.75. The first kappa shape index (κ1) is 10.0. The van der Waals surface area contributed by atoms with Crippen molar-refractivity contribution in [3.05, 3.63) is 35.9 Å². The molecular formula is C11H15NOS. The molecule has 2 atom stereocenters. The first-order valence-corrected chi connectivity index (χ1v) is 5.98. The molecule has 3 heteroatoms. The van der Waals surface area contributed by atoms with E-state index >= 15 is 0 Å². The van der Waals surface area contributed by atoms with E-state index in [2.05, 4.69) is 17.4 Å². The molecule has 1 aliphatic heterocycles. The lowest BCUT2D eigenvalue weighted by molar-refractivity contribution is 0.163. The Balaban J connectivity index is 1.90. The smallest absolute Gasteiger partial charge is 0.0826 e. The monoisotopic (exact) mass is 209 g/mol. The SMILES string of the molecule is O[C@H](Cc1ccccc1)C1NCCS1. The standard InChI is InChI=1S/C11H15NOS/c13-10(11-12-6-7-14-11)8-9-4-2-1-3-5-9/h1-5,10-13H,6-8H2/t10-,11?/m1/s1. The van der Waals surface area contributed by atoms with Gasteiger partial charge in [0, 0.05) is 18.7 Å². The lowest BCUT2D eigenvalue weighted by Gasteiger charge is -2.17. The van der Waals surface area contributed by atoms with Crippen LogP contribution in [0.15, 0.2) is 30.3 Å². The zero-order valence-electron chi connectivity index (χ0n) is 8.02. The summed E-state index contributed by atoms with van der Waals surface area (Å²) >= 11 is 1.81. The minimum Gasteiger partial charge on any atom is -0.390 e. The van der Waals surface area contributed by atoms with Crippen molar-refractivity contribution in [2.24, 2.45) is 0 Å². The quantitative estimate of drug-likeness (QED) is 0.786. The lowest BCUT2D eigenvalue weighted by Crippen LogP contribution is -2.34. The maximum Gasteiger partial charge on any atom is 0.0826 e. The van der Waals surface area contributed by atoms with Crippen molar-refractivity contribution in [2.75, 3.05) is 12.3 Å². The van der Waals surface area contributed by atoms with Crippen molar-refractivity contribution >= 4 is 11.8 Å². The number of benzene rings is 1. The Morgan fingerprint density at radius 1 is 1.43 bits per heavy atom. The normalized spacial score (nSPS) is 23.6. The fraction of sp³-hybridized carbons (Fsp3) is 0.455. The van der Waals surface area contributed by atoms with Crippen molar-refractivity contribution in [2.45, 2.75) is 17.9 Å². The second kappa shape index (κ2) is 4.82. The third-order valence-electron chi connectivity index (χ3n) is 2.38. The largest absolute Gasteiger partial charge is 0.390 e. The number of nitrogens with one attached hydrogen (secondary N) is 1. The van der Waals surface area contributed by atoms with Gasteiger partial charge in [0.1, 0.15) is 0 Å². The van der Waals surface area contributed by atoms with Crippen molar-refractivity contribution in [3.8, 4) is 0 Å². The summed E-state index contributed by atoms with van der Waals surface area (Å²) in [6.45, 7) is 1.02. The van der Waals surface area contributed by atoms with Crippen molar-refractivity contribution < 1.29 is 5.11 Å². The molecule has 1 heterocycles. The highest BCUT2D eigenvalue weighted by Crippen LogP contribution is 2.19. The molecule has 14 heavy (non-hydrogen) atoms. The summed E-state index contributed by atoms with van der Waals surface area (Å²) < 4.78 is 0. The minimum absolute atomic E-state index is 0.218. The second-order valence-electron chi connectivity index (χ2n) is 3.50. The van der Waals surface area contributed by atoms with Gasteiger partial charge >= 0.3 is 0 Å². The van der Waals surface area contributed by atoms with Crippen LogP contribution in [0.25, 0.3) is 0 Å². The van der Waals surface area contributed by atoms with Crippen LogP contribution in [0.5, 0.6) is 0 Å². The van der Waals surface area contributed by atoms with E-state index in [0.717, 1.165) is 18.7 Å². The topological polar surface area (TPSA) is 32.3 Å². The third-order valence-corrected chi connectivity index (χ3v) is 3.66. The Morgan fingerprint density at radius 2 is 2.21 bits per heavy atom. The molecule has 1 unspecified atom stereocenters. The van der Waals surface area contributed by atoms with Crippen molar-refractivity contribution in [1.82, 2.24) is 5.32 Å². The number of rotatable bonds is 3. The molecule has 0 radical (unpaired) electrons. The Bertz CT molecular complexity index is 272. The molecule has 2 nitrogen and oxygen atoms in total. The lowest BCUT2D eigenvalue weighted by atomic mass is 10.1. The Hall–Kier alpha value is -0.510. The first-order chi connectivity index (χ1) is 6.86. The summed E-state index contributed by atoms with van der Waals surface area (Å²) in [4.78, 5) is 0. The van der Waals surface area contributed by atoms with Gasteiger partial charge in [0.25, 0.3) is 0 Å². The van der Waals surface area contributed by atoms with Gasteiger partial charge in [-0.05, 0) is 5.56 Å². The van der Waals surface area contributed by atoms with Gasteiger partial charge in [-0.1, -0.05) is 30.3 Å². The third kappa shape index (κ3) is 2.50. The Kier molecular flexibility index (Phi) is 3.45. The van der Waals surface area contributed by atoms with Crippen LogP contribution in [-0.4, -0.2) is 28.9 Å². The van der Waals surface area contributed by atoms with Crippen LogP contribution in [0.1, 0.15) is 5.56 Å². The summed E-state index contributed by atoms with van der Waals surface area (Å²) in [5.74, 6) is 1.11. The van der Waals surface area contributed by atoms with Gasteiger partial charge < -0.3 is 10.4 Å². The van der Waals surface area contributed by atoms with E-state index in [-0.39, 0.29) is 11.5 Å². The summed E-state index contributed by atoms with van der Waals surface area (Å²) in [5, 5.41) is 13.4. The number of hydrogen-bond acceptors (Lipinski definition) is 3. The highest BCUT2D eigenvalue weighted by atomic mass is 32.2. The molecule has 76 valence electrons. The van der Waals surface area contributed by atoms with Crippen LogP contribution in [-0.2, 0) is 6.42 Å². The fourth-order valence-electron chi connectivity index (χ4n) is 1.66. The molecular weight excluding hydrogens is 194 g/mol. The average molecular weight is 209 g/mol. The molecule has 0 amide bonds. The van der Waals surface area contributed by atoms with E-state index in [1.165, 1.54) is 5.56 Å². The maximum atomic E-state index is 9.92. The number of aliphatic hydroxyl groups excluding tert-OH is 1. The molecule has 0 spiro atoms. The molecule has 0 aliphatic carbocycles. The zero-order chi connectivity index (χ0) is 9.80. The van der Waals surface area contributed by atoms with E-state index in [1.54, 1.807) is 0 Å². The van der Waals surface area contributed by atoms with Gasteiger partial charge in [-0.25, -0.2) is 0 Å². The van der Waals surface area contributed by atoms with Crippen LogP contribution >= 0.6 is 11.8 Å². The van der Waals surface area contributed by atoms with E-state index in [9.17, 15) is 5.11 Å². The van der Waals surface area contributed by atoms with Gasteiger partial charge in [-0.3, -0.25) is 0 Å². The number of hydrogen-bond donors (Lipinski definition) is 2. The maximum absolute atomic E-state index is 9.92. The van der Waals surface area contributed by atoms with E-state index in [0.29, 0.717) is 0 Å². The molecule has 1 aromatic rings. The summed E-state index contributed by atoms with van der Waals surface area (Å²) in [7, 11) is 0. The van der Waals surface area contributed by atoms with Crippen LogP contribution in [0, 0.1) is 0 Å². The molecule has 1 aliphatic rings. The first-order valence-electron chi connectivity index (χ1n) is 4.93. The van der Waals surface area contributed by atoms with Crippen LogP contribution in [0.3, 0.4) is 0 Å². The predicted molar refractivity (Wildman–Crippen MR) is 60.4 cm³/mol. The van der Waals surface area contributed by atoms with Gasteiger partial charge in [-0.15, -0.1) is 11.8 Å². The predicted octanol–water partition coefficient (Wildman–Crippen LogP) is 1.25. The fourth-order valence-corrected chi connectivity index (χ4v) is 2.70. The molecule has 1 fully saturated rings. The number of aliphatic hydroxyl groups is 1. The van der Waals surface area contributed by atoms with Crippen LogP contribution < -0.4 is 5.32 Å². The van der Waals surface area contributed by atoms with E-state index in [1.807, 2.05) is 30.0 Å². The van der Waals surface area contributed by atoms with Crippen molar-refractivity contribution in [3.63, 3.8) is 0 Å². The molecule has 1 aromatic carbocycles. The molecule has 1 saturated heterocycles. The molecule has 2 N–H and O–H groups in total. The molecule has 0 saturated carbocycles. The Labute approximate surface area is 88.7 Å². The summed E-state index contributed by atoms with van der Waals surface area (Å²) in [6.07, 6.45) is 0.468. The summed E-state index contributed by atoms with van der Waals surface area (Å²) in [5.41, 5.74) is 1.20. The zero-order valence-corrected chi connectivity index (χ0v) is 8.83. The van der Waals surface area contributed by atoms with Gasteiger partial charge in [-0.2, -0.15) is 0 Å². The van der Waals surface area contributed by atoms with Gasteiger partial charge in [0.2, 0.25) is 0 Å². The van der Waals surface area contributed by atoms with Crippen LogP contribution in [0.4, 0.5) is 0 Å². The van der Waals surface area contributed by atoms with Gasteiger partial charge in [0.15, 0.2) is 0 Å². The summed E-state index contributed by atoms with van der Waals surface area (Å²) in [6, 6.07) is 10.1. The van der Waals surface area contributed by atoms with Crippen LogP contribution in [0.2, 0.25) is 0 Å². The average Bonchev–Trinajstić information content (AvgIpc) is 2.72. The molecule has 0 bridgehead atoms. The molecule has 0 aromatic heterocycles. The molecule has 2 rings (SSSR count).